The molecule has 2 N–H and O–H groups in total. The number of carbonyl (C=O) groups excluding carboxylic acids is 1. The third-order valence-corrected chi connectivity index (χ3v) is 5.71. The molecule has 0 aromatic carbocycles. The van der Waals surface area contributed by atoms with Gasteiger partial charge in [0.2, 0.25) is 10.0 Å². The molecule has 0 aliphatic rings. The van der Waals surface area contributed by atoms with Crippen LogP contribution in [0.2, 0.25) is 5.02 Å². The lowest BCUT2D eigenvalue weighted by Gasteiger charge is -2.16. The van der Waals surface area contributed by atoms with Crippen LogP contribution in [0.25, 0.3) is 0 Å². The minimum absolute atomic E-state index is 0.424. The van der Waals surface area contributed by atoms with Crippen LogP contribution >= 0.6 is 11.6 Å². The van der Waals surface area contributed by atoms with Crippen LogP contribution in [0.15, 0.2) is 23.4 Å². The van der Waals surface area contributed by atoms with Crippen LogP contribution in [0.5, 0.6) is 0 Å². The maximum absolute atomic E-state index is 14.0. The first-order chi connectivity index (χ1) is 13.3. The van der Waals surface area contributed by atoms with Crippen molar-refractivity contribution in [2.24, 2.45) is 7.05 Å². The zero-order valence-corrected chi connectivity index (χ0v) is 16.2. The number of pyridine rings is 1. The average molecular weight is 454 g/mol. The van der Waals surface area contributed by atoms with Crippen LogP contribution in [-0.4, -0.2) is 36.1 Å². The molecule has 29 heavy (non-hydrogen) atoms. The van der Waals surface area contributed by atoms with Gasteiger partial charge < -0.3 is 9.88 Å². The van der Waals surface area contributed by atoms with Crippen molar-refractivity contribution >= 4 is 33.2 Å². The monoisotopic (exact) mass is 453 g/mol. The minimum atomic E-state index is -4.84. The Balaban J connectivity index is 2.39. The van der Waals surface area contributed by atoms with Crippen molar-refractivity contribution in [3.63, 3.8) is 0 Å². The van der Waals surface area contributed by atoms with Crippen molar-refractivity contribution in [1.29, 1.82) is 5.26 Å². The van der Waals surface area contributed by atoms with E-state index in [2.05, 4.69) is 10.3 Å². The summed E-state index contributed by atoms with van der Waals surface area (Å²) in [6.07, 6.45) is -2.94. The molecule has 156 valence electrons. The molecule has 1 amide bonds. The van der Waals surface area contributed by atoms with E-state index in [-0.39, 0.29) is 0 Å². The highest BCUT2D eigenvalue weighted by Gasteiger charge is 2.40. The Labute approximate surface area is 167 Å². The number of carbonyl (C=O) groups is 1. The number of sulfonamides is 1. The van der Waals surface area contributed by atoms with Gasteiger partial charge in [-0.2, -0.15) is 23.2 Å². The van der Waals surface area contributed by atoms with Gasteiger partial charge >= 0.3 is 6.18 Å². The molecule has 0 bridgehead atoms. The Bertz CT molecular complexity index is 1110. The number of hydrogen-bond donors (Lipinski definition) is 2. The molecule has 8 nitrogen and oxygen atoms in total. The van der Waals surface area contributed by atoms with Crippen molar-refractivity contribution in [2.75, 3.05) is 5.32 Å². The molecule has 2 heterocycles. The third-order valence-electron chi connectivity index (χ3n) is 3.66. The largest absolute Gasteiger partial charge is 0.404 e. The van der Waals surface area contributed by atoms with Crippen molar-refractivity contribution in [1.82, 2.24) is 14.3 Å². The summed E-state index contributed by atoms with van der Waals surface area (Å²) in [6.45, 7) is 0.598. The quantitative estimate of drug-likeness (QED) is 0.675. The smallest absolute Gasteiger partial charge is 0.344 e. The van der Waals surface area contributed by atoms with Crippen molar-refractivity contribution in [2.45, 2.75) is 24.0 Å². The summed E-state index contributed by atoms with van der Waals surface area (Å²) >= 11 is 5.93. The molecular weight excluding hydrogens is 442 g/mol. The van der Waals surface area contributed by atoms with Crippen molar-refractivity contribution in [3.05, 3.63) is 40.7 Å². The van der Waals surface area contributed by atoms with E-state index in [1.165, 1.54) is 17.8 Å². The number of alkyl halides is 3. The van der Waals surface area contributed by atoms with E-state index < -0.39 is 61.0 Å². The molecule has 0 saturated carbocycles. The number of nitriles is 1. The van der Waals surface area contributed by atoms with Crippen LogP contribution in [-0.2, 0) is 17.1 Å². The van der Waals surface area contributed by atoms with E-state index in [0.29, 0.717) is 6.92 Å². The molecule has 2 aromatic heterocycles. The summed E-state index contributed by atoms with van der Waals surface area (Å²) in [6, 6.07) is 0.122. The minimum Gasteiger partial charge on any atom is -0.344 e. The highest BCUT2D eigenvalue weighted by molar-refractivity contribution is 7.89. The Kier molecular flexibility index (Phi) is 6.21. The zero-order valence-electron chi connectivity index (χ0n) is 14.7. The van der Waals surface area contributed by atoms with Crippen LogP contribution in [0.3, 0.4) is 0 Å². The van der Waals surface area contributed by atoms with E-state index in [1.807, 2.05) is 0 Å². The summed E-state index contributed by atoms with van der Waals surface area (Å²) in [5.74, 6) is -2.18. The molecule has 2 rings (SSSR count). The van der Waals surface area contributed by atoms with Gasteiger partial charge in [-0.15, -0.1) is 0 Å². The first kappa shape index (κ1) is 22.6. The number of aromatic nitrogens is 2. The van der Waals surface area contributed by atoms with Gasteiger partial charge in [0.15, 0.2) is 11.5 Å². The van der Waals surface area contributed by atoms with E-state index in [4.69, 9.17) is 16.9 Å². The molecule has 0 spiro atoms. The van der Waals surface area contributed by atoms with E-state index in [1.54, 1.807) is 0 Å². The second kappa shape index (κ2) is 7.97. The van der Waals surface area contributed by atoms with Gasteiger partial charge in [0.1, 0.15) is 22.7 Å². The fourth-order valence-electron chi connectivity index (χ4n) is 2.18. The number of aryl methyl sites for hydroxylation is 1. The Morgan fingerprint density at radius 3 is 2.59 bits per heavy atom. The topological polar surface area (TPSA) is 117 Å². The van der Waals surface area contributed by atoms with E-state index in [9.17, 15) is 30.8 Å². The summed E-state index contributed by atoms with van der Waals surface area (Å²) in [5, 5.41) is 10.2. The summed E-state index contributed by atoms with van der Waals surface area (Å²) in [4.78, 5) is 15.1. The predicted octanol–water partition coefficient (Wildman–Crippen LogP) is 2.57. The Morgan fingerprint density at radius 1 is 1.41 bits per heavy atom. The highest BCUT2D eigenvalue weighted by Crippen LogP contribution is 2.30. The Morgan fingerprint density at radius 2 is 2.03 bits per heavy atom. The zero-order chi connectivity index (χ0) is 22.1. The van der Waals surface area contributed by atoms with Gasteiger partial charge in [0.25, 0.3) is 5.91 Å². The molecule has 0 fully saturated rings. The number of anilines is 1. The maximum Gasteiger partial charge on any atom is 0.404 e. The number of nitrogens with one attached hydrogen (secondary N) is 2. The maximum atomic E-state index is 14.0. The summed E-state index contributed by atoms with van der Waals surface area (Å²) in [7, 11) is -3.51. The number of halogens is 5. The molecule has 0 unspecified atom stereocenters. The highest BCUT2D eigenvalue weighted by atomic mass is 35.5. The van der Waals surface area contributed by atoms with Crippen molar-refractivity contribution in [3.8, 4) is 6.07 Å². The van der Waals surface area contributed by atoms with E-state index >= 15 is 0 Å². The van der Waals surface area contributed by atoms with Crippen molar-refractivity contribution < 1.29 is 30.8 Å². The van der Waals surface area contributed by atoms with Gasteiger partial charge in [0, 0.05) is 19.4 Å². The fraction of sp³-hybridized carbons (Fsp3) is 0.267. The fourth-order valence-corrected chi connectivity index (χ4v) is 4.11. The second-order valence-electron chi connectivity index (χ2n) is 5.74. The second-order valence-corrected chi connectivity index (χ2v) is 7.80. The lowest BCUT2D eigenvalue weighted by atomic mass is 10.3. The molecule has 14 heteroatoms. The van der Waals surface area contributed by atoms with Crippen LogP contribution in [0.4, 0.5) is 23.2 Å². The molecule has 0 radical (unpaired) electrons. The molecule has 0 aliphatic heterocycles. The SMILES string of the molecule is C[C@@H](NS(=O)(=O)c1cn(C)c(C(=O)Nc2ccnc(C#N)c2F)c1Cl)C(F)(F)F. The summed E-state index contributed by atoms with van der Waals surface area (Å²) in [5.41, 5.74) is -1.47. The number of nitrogens with zero attached hydrogens (tertiary/aromatic N) is 3. The average Bonchev–Trinajstić information content (AvgIpc) is 2.91. The molecular formula is C15H12ClF4N5O3S. The van der Waals surface area contributed by atoms with Crippen LogP contribution in [0, 0.1) is 17.1 Å². The first-order valence-electron chi connectivity index (χ1n) is 7.59. The van der Waals surface area contributed by atoms with Crippen LogP contribution in [0.1, 0.15) is 23.1 Å². The number of rotatable bonds is 5. The standard InChI is InChI=1S/C15H12ClF4N5O3S/c1-7(15(18,19)20)24-29(27,28)10-6-25(2)13(11(10)16)14(26)23-8-3-4-22-9(5-21)12(8)17/h3-4,6-7,24H,1-2H3,(H,22,23,26)/t7-/m1/s1. The van der Waals surface area contributed by atoms with Gasteiger partial charge in [-0.3, -0.25) is 4.79 Å². The number of hydrogen-bond acceptors (Lipinski definition) is 5. The predicted molar refractivity (Wildman–Crippen MR) is 93.1 cm³/mol. The van der Waals surface area contributed by atoms with Crippen LogP contribution < -0.4 is 10.0 Å². The first-order valence-corrected chi connectivity index (χ1v) is 9.45. The molecule has 0 saturated heterocycles. The lowest BCUT2D eigenvalue weighted by Crippen LogP contribution is -2.42. The van der Waals surface area contributed by atoms with Gasteiger partial charge in [-0.1, -0.05) is 11.6 Å². The molecule has 0 aliphatic carbocycles. The van der Waals surface area contributed by atoms with Gasteiger partial charge in [-0.25, -0.2) is 17.8 Å². The molecule has 2 aromatic rings. The van der Waals surface area contributed by atoms with Gasteiger partial charge in [-0.05, 0) is 13.0 Å². The number of amides is 1. The summed E-state index contributed by atoms with van der Waals surface area (Å²) < 4.78 is 78.9. The van der Waals surface area contributed by atoms with E-state index in [0.717, 1.165) is 23.0 Å². The third kappa shape index (κ3) is 4.66. The normalized spacial score (nSPS) is 13.0. The molecule has 1 atom stereocenters. The Hall–Kier alpha value is -2.69. The van der Waals surface area contributed by atoms with Gasteiger partial charge in [0.05, 0.1) is 10.7 Å². The lowest BCUT2D eigenvalue weighted by molar-refractivity contribution is -0.147.